The van der Waals surface area contributed by atoms with E-state index < -0.39 is 10.0 Å². The lowest BCUT2D eigenvalue weighted by atomic mass is 10.3. The summed E-state index contributed by atoms with van der Waals surface area (Å²) in [4.78, 5) is 6.25. The minimum absolute atomic E-state index is 0.0237. The summed E-state index contributed by atoms with van der Waals surface area (Å²) in [6.45, 7) is 6.96. The van der Waals surface area contributed by atoms with E-state index in [2.05, 4.69) is 15.0 Å². The second-order valence-electron chi connectivity index (χ2n) is 5.72. The second kappa shape index (κ2) is 8.15. The van der Waals surface area contributed by atoms with Crippen molar-refractivity contribution in [3.05, 3.63) is 11.7 Å². The predicted molar refractivity (Wildman–Crippen MR) is 83.9 cm³/mol. The Morgan fingerprint density at radius 3 is 2.57 bits per heavy atom. The number of sulfonamides is 1. The first-order valence-corrected chi connectivity index (χ1v) is 9.35. The Kier molecular flexibility index (Phi) is 6.48. The highest BCUT2D eigenvalue weighted by molar-refractivity contribution is 7.89. The first-order chi connectivity index (χ1) is 10.9. The Hall–Kier alpha value is -1.07. The molecule has 0 bridgehead atoms. The Morgan fingerprint density at radius 2 is 2.00 bits per heavy atom. The van der Waals surface area contributed by atoms with Gasteiger partial charge in [-0.3, -0.25) is 4.90 Å². The van der Waals surface area contributed by atoms with Crippen LogP contribution in [0, 0.1) is 0 Å². The van der Waals surface area contributed by atoms with Crippen LogP contribution in [0.25, 0.3) is 0 Å². The van der Waals surface area contributed by atoms with Gasteiger partial charge < -0.3 is 15.0 Å². The lowest BCUT2D eigenvalue weighted by Crippen LogP contribution is -2.49. The molecule has 10 heteroatoms. The van der Waals surface area contributed by atoms with Gasteiger partial charge in [0.25, 0.3) is 0 Å². The zero-order chi connectivity index (χ0) is 16.9. The van der Waals surface area contributed by atoms with E-state index >= 15 is 0 Å². The molecule has 1 aliphatic heterocycles. The number of aromatic nitrogens is 2. The van der Waals surface area contributed by atoms with Gasteiger partial charge in [-0.25, -0.2) is 8.42 Å². The second-order valence-corrected chi connectivity index (χ2v) is 7.81. The molecule has 1 fully saturated rings. The third-order valence-electron chi connectivity index (χ3n) is 3.57. The molecule has 0 aliphatic carbocycles. The minimum Gasteiger partial charge on any atom is -0.378 e. The van der Waals surface area contributed by atoms with Gasteiger partial charge in [0.05, 0.1) is 31.6 Å². The van der Waals surface area contributed by atoms with E-state index in [1.807, 2.05) is 13.8 Å². The average molecular weight is 347 g/mol. The van der Waals surface area contributed by atoms with Gasteiger partial charge in [-0.15, -0.1) is 0 Å². The number of rotatable bonds is 8. The lowest BCUT2D eigenvalue weighted by Gasteiger charge is -2.33. The monoisotopic (exact) mass is 347 g/mol. The number of nitrogens with two attached hydrogens (primary N) is 1. The van der Waals surface area contributed by atoms with Crippen molar-refractivity contribution in [1.82, 2.24) is 19.3 Å². The topological polar surface area (TPSA) is 115 Å². The summed E-state index contributed by atoms with van der Waals surface area (Å²) in [6.07, 6.45) is 0.0374. The number of hydrogen-bond donors (Lipinski definition) is 1. The van der Waals surface area contributed by atoms with Crippen molar-refractivity contribution >= 4 is 10.0 Å². The van der Waals surface area contributed by atoms with Crippen LogP contribution in [0.15, 0.2) is 4.52 Å². The van der Waals surface area contributed by atoms with Gasteiger partial charge in [-0.2, -0.15) is 9.29 Å². The summed E-state index contributed by atoms with van der Waals surface area (Å²) < 4.78 is 36.3. The minimum atomic E-state index is -3.26. The molecule has 23 heavy (non-hydrogen) atoms. The van der Waals surface area contributed by atoms with Gasteiger partial charge in [0.15, 0.2) is 5.82 Å². The van der Waals surface area contributed by atoms with Gasteiger partial charge >= 0.3 is 0 Å². The van der Waals surface area contributed by atoms with Crippen LogP contribution in [0.2, 0.25) is 0 Å². The molecule has 9 nitrogen and oxygen atoms in total. The normalized spacial score (nSPS) is 17.9. The Bertz CT molecular complexity index is 581. The Balaban J connectivity index is 1.78. The van der Waals surface area contributed by atoms with Gasteiger partial charge in [0.2, 0.25) is 15.9 Å². The Labute approximate surface area is 136 Å². The van der Waals surface area contributed by atoms with Crippen LogP contribution in [0.5, 0.6) is 0 Å². The molecule has 2 N–H and O–H groups in total. The smallest absolute Gasteiger partial charge is 0.240 e. The predicted octanol–water partition coefficient (Wildman–Crippen LogP) is -0.599. The van der Waals surface area contributed by atoms with Crippen molar-refractivity contribution in [2.24, 2.45) is 5.73 Å². The van der Waals surface area contributed by atoms with Gasteiger partial charge in [0.1, 0.15) is 0 Å². The molecule has 0 atom stereocenters. The quantitative estimate of drug-likeness (QED) is 0.663. The van der Waals surface area contributed by atoms with E-state index in [0.29, 0.717) is 44.4 Å². The van der Waals surface area contributed by atoms with Gasteiger partial charge in [-0.1, -0.05) is 5.16 Å². The third kappa shape index (κ3) is 5.50. The van der Waals surface area contributed by atoms with E-state index in [1.54, 1.807) is 0 Å². The zero-order valence-electron chi connectivity index (χ0n) is 13.6. The molecule has 0 spiro atoms. The fraction of sp³-hybridized carbons (Fsp3) is 0.846. The summed E-state index contributed by atoms with van der Waals surface area (Å²) in [5.74, 6) is 1.01. The highest BCUT2D eigenvalue weighted by atomic mass is 32.2. The first kappa shape index (κ1) is 18.3. The molecule has 0 unspecified atom stereocenters. The van der Waals surface area contributed by atoms with E-state index in [1.165, 1.54) is 4.31 Å². The maximum atomic E-state index is 12.2. The van der Waals surface area contributed by atoms with Crippen LogP contribution in [0.1, 0.15) is 25.6 Å². The standard InChI is InChI=1S/C13H25N5O4S/c1-11(2)21-7-8-23(19,20)18-5-3-17(4-6-18)10-12-15-13(9-14)22-16-12/h11H,3-10,14H2,1-2H3. The molecular weight excluding hydrogens is 322 g/mol. The van der Waals surface area contributed by atoms with Crippen molar-refractivity contribution in [2.75, 3.05) is 38.5 Å². The lowest BCUT2D eigenvalue weighted by molar-refractivity contribution is 0.0902. The maximum absolute atomic E-state index is 12.2. The molecule has 1 aromatic heterocycles. The number of ether oxygens (including phenoxy) is 1. The average Bonchev–Trinajstić information content (AvgIpc) is 2.95. The molecule has 132 valence electrons. The Morgan fingerprint density at radius 1 is 1.30 bits per heavy atom. The van der Waals surface area contributed by atoms with Gasteiger partial charge in [-0.05, 0) is 13.8 Å². The van der Waals surface area contributed by atoms with Crippen LogP contribution >= 0.6 is 0 Å². The van der Waals surface area contributed by atoms with Crippen molar-refractivity contribution in [2.45, 2.75) is 33.0 Å². The van der Waals surface area contributed by atoms with Crippen LogP contribution < -0.4 is 5.73 Å². The highest BCUT2D eigenvalue weighted by Crippen LogP contribution is 2.11. The zero-order valence-corrected chi connectivity index (χ0v) is 14.5. The molecule has 1 saturated heterocycles. The first-order valence-electron chi connectivity index (χ1n) is 7.74. The molecular formula is C13H25N5O4S. The van der Waals surface area contributed by atoms with Crippen LogP contribution in [0.4, 0.5) is 0 Å². The molecule has 0 aromatic carbocycles. The third-order valence-corrected chi connectivity index (χ3v) is 5.40. The number of nitrogens with zero attached hydrogens (tertiary/aromatic N) is 4. The largest absolute Gasteiger partial charge is 0.378 e. The SMILES string of the molecule is CC(C)OCCS(=O)(=O)N1CCN(Cc2noc(CN)n2)CC1. The number of piperazine rings is 1. The van der Waals surface area contributed by atoms with E-state index in [9.17, 15) is 8.42 Å². The van der Waals surface area contributed by atoms with Crippen molar-refractivity contribution in [3.63, 3.8) is 0 Å². The van der Waals surface area contributed by atoms with Crippen molar-refractivity contribution in [3.8, 4) is 0 Å². The molecule has 2 rings (SSSR count). The van der Waals surface area contributed by atoms with E-state index in [-0.39, 0.29) is 25.0 Å². The summed E-state index contributed by atoms with van der Waals surface area (Å²) >= 11 is 0. The van der Waals surface area contributed by atoms with Crippen LogP contribution in [-0.4, -0.2) is 72.4 Å². The summed E-state index contributed by atoms with van der Waals surface area (Å²) in [6, 6.07) is 0. The maximum Gasteiger partial charge on any atom is 0.240 e. The summed E-state index contributed by atoms with van der Waals surface area (Å²) in [7, 11) is -3.26. The fourth-order valence-corrected chi connectivity index (χ4v) is 3.61. The molecule has 1 aromatic rings. The van der Waals surface area contributed by atoms with E-state index in [4.69, 9.17) is 15.0 Å². The van der Waals surface area contributed by atoms with Crippen LogP contribution in [-0.2, 0) is 27.8 Å². The van der Waals surface area contributed by atoms with Crippen molar-refractivity contribution in [1.29, 1.82) is 0 Å². The molecule has 0 saturated carbocycles. The molecule has 0 radical (unpaired) electrons. The summed E-state index contributed by atoms with van der Waals surface area (Å²) in [5.41, 5.74) is 5.43. The van der Waals surface area contributed by atoms with Crippen LogP contribution in [0.3, 0.4) is 0 Å². The van der Waals surface area contributed by atoms with E-state index in [0.717, 1.165) is 0 Å². The van der Waals surface area contributed by atoms with Crippen molar-refractivity contribution < 1.29 is 17.7 Å². The highest BCUT2D eigenvalue weighted by Gasteiger charge is 2.27. The van der Waals surface area contributed by atoms with Gasteiger partial charge in [0, 0.05) is 26.2 Å². The summed E-state index contributed by atoms with van der Waals surface area (Å²) in [5, 5.41) is 3.85. The molecule has 1 aliphatic rings. The fourth-order valence-electron chi connectivity index (χ4n) is 2.32. The molecule has 0 amide bonds. The number of hydrogen-bond acceptors (Lipinski definition) is 8. The molecule has 2 heterocycles.